The minimum absolute atomic E-state index is 0.0740. The van der Waals surface area contributed by atoms with Crippen LogP contribution in [0.3, 0.4) is 0 Å². The van der Waals surface area contributed by atoms with Gasteiger partial charge in [0.15, 0.2) is 0 Å². The van der Waals surface area contributed by atoms with Crippen molar-refractivity contribution in [3.05, 3.63) is 65.7 Å². The van der Waals surface area contributed by atoms with E-state index in [1.54, 1.807) is 16.4 Å². The number of anilines is 1. The molecule has 0 bridgehead atoms. The summed E-state index contributed by atoms with van der Waals surface area (Å²) in [6.07, 6.45) is 4.03. The van der Waals surface area contributed by atoms with Crippen LogP contribution in [0.4, 0.5) is 5.82 Å². The van der Waals surface area contributed by atoms with Gasteiger partial charge in [-0.15, -0.1) is 0 Å². The van der Waals surface area contributed by atoms with Crippen LogP contribution < -0.4 is 10.2 Å². The molecule has 7 nitrogen and oxygen atoms in total. The average Bonchev–Trinajstić information content (AvgIpc) is 3.68. The Kier molecular flexibility index (Phi) is 6.27. The van der Waals surface area contributed by atoms with Crippen LogP contribution >= 0.6 is 0 Å². The maximum Gasteiger partial charge on any atom is 0.252 e. The lowest BCUT2D eigenvalue weighted by atomic mass is 10.1. The molecule has 8 heteroatoms. The quantitative estimate of drug-likeness (QED) is 0.561. The van der Waals surface area contributed by atoms with Crippen molar-refractivity contribution in [2.24, 2.45) is 0 Å². The zero-order valence-electron chi connectivity index (χ0n) is 19.4. The standard InChI is InChI=1S/C26H30N4O3S/c1-2-5-19-8-12-21(13-9-19)34(32,33)30-16-14-29(15-17-30)25-18-23(26(31)27-20-10-11-20)22-6-3-4-7-24(22)28-25/h3-4,6-9,12-13,18,20H,2,5,10-11,14-17H2,1H3,(H,27,31). The topological polar surface area (TPSA) is 82.6 Å². The molecule has 2 heterocycles. The second kappa shape index (κ2) is 9.35. The number of sulfonamides is 1. The van der Waals surface area contributed by atoms with Crippen molar-refractivity contribution in [1.82, 2.24) is 14.6 Å². The number of pyridine rings is 1. The van der Waals surface area contributed by atoms with Gasteiger partial charge in [0.2, 0.25) is 10.0 Å². The van der Waals surface area contributed by atoms with Crippen molar-refractivity contribution in [2.75, 3.05) is 31.1 Å². The number of amides is 1. The summed E-state index contributed by atoms with van der Waals surface area (Å²) in [5.41, 5.74) is 2.54. The molecule has 3 aromatic rings. The lowest BCUT2D eigenvalue weighted by molar-refractivity contribution is 0.0952. The largest absolute Gasteiger partial charge is 0.354 e. The van der Waals surface area contributed by atoms with Crippen molar-refractivity contribution >= 4 is 32.7 Å². The molecule has 2 aromatic carbocycles. The fourth-order valence-electron chi connectivity index (χ4n) is 4.43. The number of carbonyl (C=O) groups is 1. The van der Waals surface area contributed by atoms with Crippen LogP contribution in [0.15, 0.2) is 59.5 Å². The predicted molar refractivity (Wildman–Crippen MR) is 134 cm³/mol. The fraction of sp³-hybridized carbons (Fsp3) is 0.385. The Morgan fingerprint density at radius 2 is 1.74 bits per heavy atom. The molecule has 2 aliphatic rings. The van der Waals surface area contributed by atoms with E-state index < -0.39 is 10.0 Å². The van der Waals surface area contributed by atoms with E-state index in [-0.39, 0.29) is 11.9 Å². The van der Waals surface area contributed by atoms with Gasteiger partial charge in [0.25, 0.3) is 5.91 Å². The molecule has 1 saturated heterocycles. The van der Waals surface area contributed by atoms with Gasteiger partial charge in [-0.3, -0.25) is 4.79 Å². The van der Waals surface area contributed by atoms with Gasteiger partial charge in [-0.25, -0.2) is 13.4 Å². The number of fused-ring (bicyclic) bond motifs is 1. The Hall–Kier alpha value is -2.97. The van der Waals surface area contributed by atoms with Crippen LogP contribution in [0, 0.1) is 0 Å². The fourth-order valence-corrected chi connectivity index (χ4v) is 5.85. The van der Waals surface area contributed by atoms with Gasteiger partial charge < -0.3 is 10.2 Å². The van der Waals surface area contributed by atoms with E-state index in [1.807, 2.05) is 42.5 Å². The molecule has 34 heavy (non-hydrogen) atoms. The van der Waals surface area contributed by atoms with Crippen LogP contribution in [-0.4, -0.2) is 55.8 Å². The second-order valence-corrected chi connectivity index (χ2v) is 11.0. The Morgan fingerprint density at radius 3 is 2.41 bits per heavy atom. The summed E-state index contributed by atoms with van der Waals surface area (Å²) in [5.74, 6) is 0.635. The lowest BCUT2D eigenvalue weighted by Crippen LogP contribution is -2.49. The number of para-hydroxylation sites is 1. The van der Waals surface area contributed by atoms with Gasteiger partial charge in [0, 0.05) is 37.6 Å². The van der Waals surface area contributed by atoms with Gasteiger partial charge >= 0.3 is 0 Å². The van der Waals surface area contributed by atoms with E-state index >= 15 is 0 Å². The highest BCUT2D eigenvalue weighted by atomic mass is 32.2. The molecular formula is C26H30N4O3S. The first-order valence-electron chi connectivity index (χ1n) is 12.0. The van der Waals surface area contributed by atoms with Crippen molar-refractivity contribution in [3.63, 3.8) is 0 Å². The third kappa shape index (κ3) is 4.65. The summed E-state index contributed by atoms with van der Waals surface area (Å²) in [7, 11) is -3.54. The molecule has 0 atom stereocenters. The maximum absolute atomic E-state index is 13.2. The summed E-state index contributed by atoms with van der Waals surface area (Å²) in [6, 6.07) is 17.0. The zero-order chi connectivity index (χ0) is 23.7. The lowest BCUT2D eigenvalue weighted by Gasteiger charge is -2.35. The number of aryl methyl sites for hydroxylation is 1. The number of benzene rings is 2. The number of carbonyl (C=O) groups excluding carboxylic acids is 1. The van der Waals surface area contributed by atoms with E-state index in [2.05, 4.69) is 17.1 Å². The highest BCUT2D eigenvalue weighted by molar-refractivity contribution is 7.89. The summed E-state index contributed by atoms with van der Waals surface area (Å²) < 4.78 is 27.9. The normalized spacial score (nSPS) is 17.1. The monoisotopic (exact) mass is 478 g/mol. The van der Waals surface area contributed by atoms with Crippen LogP contribution in [0.25, 0.3) is 10.9 Å². The minimum atomic E-state index is -3.54. The summed E-state index contributed by atoms with van der Waals surface area (Å²) in [5, 5.41) is 3.91. The van der Waals surface area contributed by atoms with Crippen molar-refractivity contribution in [3.8, 4) is 0 Å². The first kappa shape index (κ1) is 22.8. The number of aromatic nitrogens is 1. The van der Waals surface area contributed by atoms with Gasteiger partial charge in [0.1, 0.15) is 5.82 Å². The highest BCUT2D eigenvalue weighted by Crippen LogP contribution is 2.27. The third-order valence-electron chi connectivity index (χ3n) is 6.52. The predicted octanol–water partition coefficient (Wildman–Crippen LogP) is 3.59. The highest BCUT2D eigenvalue weighted by Gasteiger charge is 2.30. The number of hydrogen-bond acceptors (Lipinski definition) is 5. The first-order chi connectivity index (χ1) is 16.5. The molecular weight excluding hydrogens is 448 g/mol. The van der Waals surface area contributed by atoms with E-state index in [4.69, 9.17) is 4.98 Å². The van der Waals surface area contributed by atoms with E-state index in [9.17, 15) is 13.2 Å². The Labute approximate surface area is 200 Å². The van der Waals surface area contributed by atoms with Gasteiger partial charge in [0.05, 0.1) is 16.0 Å². The molecule has 178 valence electrons. The molecule has 1 aromatic heterocycles. The van der Waals surface area contributed by atoms with Crippen LogP contribution in [0.1, 0.15) is 42.1 Å². The molecule has 2 fully saturated rings. The average molecular weight is 479 g/mol. The van der Waals surface area contributed by atoms with Gasteiger partial charge in [-0.2, -0.15) is 4.31 Å². The molecule has 1 amide bonds. The van der Waals surface area contributed by atoms with Crippen LogP contribution in [-0.2, 0) is 16.4 Å². The summed E-state index contributed by atoms with van der Waals surface area (Å²) >= 11 is 0. The van der Waals surface area contributed by atoms with Crippen LogP contribution in [0.2, 0.25) is 0 Å². The first-order valence-corrected chi connectivity index (χ1v) is 13.4. The minimum Gasteiger partial charge on any atom is -0.354 e. The third-order valence-corrected chi connectivity index (χ3v) is 8.44. The molecule has 0 radical (unpaired) electrons. The molecule has 1 saturated carbocycles. The molecule has 1 aliphatic heterocycles. The molecule has 5 rings (SSSR count). The Morgan fingerprint density at radius 1 is 1.03 bits per heavy atom. The number of piperazine rings is 1. The zero-order valence-corrected chi connectivity index (χ0v) is 20.2. The van der Waals surface area contributed by atoms with Gasteiger partial charge in [-0.05, 0) is 49.1 Å². The van der Waals surface area contributed by atoms with Crippen molar-refractivity contribution in [2.45, 2.75) is 43.5 Å². The second-order valence-electron chi connectivity index (χ2n) is 9.08. The van der Waals surface area contributed by atoms with Gasteiger partial charge in [-0.1, -0.05) is 43.7 Å². The smallest absolute Gasteiger partial charge is 0.252 e. The van der Waals surface area contributed by atoms with E-state index in [1.165, 1.54) is 0 Å². The molecule has 1 N–H and O–H groups in total. The number of rotatable bonds is 7. The Bertz CT molecular complexity index is 1300. The number of hydrogen-bond donors (Lipinski definition) is 1. The van der Waals surface area contributed by atoms with E-state index in [0.717, 1.165) is 42.1 Å². The molecule has 0 spiro atoms. The number of nitrogens with one attached hydrogen (secondary N) is 1. The number of nitrogens with zero attached hydrogens (tertiary/aromatic N) is 3. The molecule has 1 aliphatic carbocycles. The van der Waals surface area contributed by atoms with Crippen LogP contribution in [0.5, 0.6) is 0 Å². The van der Waals surface area contributed by atoms with Crippen molar-refractivity contribution < 1.29 is 13.2 Å². The molecule has 0 unspecified atom stereocenters. The maximum atomic E-state index is 13.2. The Balaban J connectivity index is 1.34. The van der Waals surface area contributed by atoms with Crippen molar-refractivity contribution in [1.29, 1.82) is 0 Å². The SMILES string of the molecule is CCCc1ccc(S(=O)(=O)N2CCN(c3cc(C(=O)NC4CC4)c4ccccc4n3)CC2)cc1. The summed E-state index contributed by atoms with van der Waals surface area (Å²) in [4.78, 5) is 20.1. The summed E-state index contributed by atoms with van der Waals surface area (Å²) in [6.45, 7) is 3.88. The van der Waals surface area contributed by atoms with E-state index in [0.29, 0.717) is 42.5 Å².